The maximum atomic E-state index is 8.94. The Kier molecular flexibility index (Phi) is 7.12. The molecule has 0 aromatic carbocycles. The largest absolute Gasteiger partial charge is 0.396 e. The molecule has 0 radical (unpaired) electrons. The monoisotopic (exact) mass is 235 g/mol. The van der Waals surface area contributed by atoms with Gasteiger partial charge < -0.3 is 10.4 Å². The van der Waals surface area contributed by atoms with E-state index in [0.717, 1.165) is 12.2 Å². The van der Waals surface area contributed by atoms with E-state index in [2.05, 4.69) is 11.6 Å². The predicted molar refractivity (Wildman–Crippen MR) is 67.4 cm³/mol. The molecule has 1 rings (SSSR count). The Bertz CT molecular complexity index is 134. The van der Waals surface area contributed by atoms with E-state index in [-0.39, 0.29) is 0 Å². The Morgan fingerprint density at radius 3 is 3.07 bits per heavy atom. The first-order chi connectivity index (χ1) is 6.86. The molecular weight excluding hydrogens is 214 g/mol. The summed E-state index contributed by atoms with van der Waals surface area (Å²) in [6.45, 7) is 0.304. The average Bonchev–Trinajstić information content (AvgIpc) is 2.20. The lowest BCUT2D eigenvalue weighted by molar-refractivity contribution is 0.264. The van der Waals surface area contributed by atoms with E-state index in [1.165, 1.54) is 24.3 Å². The van der Waals surface area contributed by atoms with Gasteiger partial charge in [0.05, 0.1) is 0 Å². The quantitative estimate of drug-likeness (QED) is 0.732. The molecule has 0 aromatic rings. The van der Waals surface area contributed by atoms with Crippen molar-refractivity contribution >= 4 is 23.5 Å². The van der Waals surface area contributed by atoms with Gasteiger partial charge in [-0.25, -0.2) is 0 Å². The number of hydrogen-bond donors (Lipinski definition) is 2. The van der Waals surface area contributed by atoms with Crippen LogP contribution in [-0.4, -0.2) is 47.3 Å². The van der Waals surface area contributed by atoms with E-state index in [4.69, 9.17) is 5.11 Å². The highest BCUT2D eigenvalue weighted by atomic mass is 32.2. The molecule has 2 atom stereocenters. The summed E-state index contributed by atoms with van der Waals surface area (Å²) in [5.41, 5.74) is 0. The Labute approximate surface area is 95.6 Å². The van der Waals surface area contributed by atoms with Crippen molar-refractivity contribution in [1.82, 2.24) is 5.32 Å². The number of rotatable bonds is 6. The predicted octanol–water partition coefficient (Wildman–Crippen LogP) is 1.59. The van der Waals surface area contributed by atoms with Gasteiger partial charge in [0.25, 0.3) is 0 Å². The summed E-state index contributed by atoms with van der Waals surface area (Å²) in [4.78, 5) is 0. The second kappa shape index (κ2) is 7.85. The first-order valence-corrected chi connectivity index (χ1v) is 7.85. The molecule has 1 fully saturated rings. The molecular formula is C10H21NOS2. The van der Waals surface area contributed by atoms with Crippen LogP contribution in [0.15, 0.2) is 0 Å². The fourth-order valence-electron chi connectivity index (χ4n) is 1.78. The van der Waals surface area contributed by atoms with Crippen LogP contribution in [0.5, 0.6) is 0 Å². The molecule has 4 heteroatoms. The van der Waals surface area contributed by atoms with Gasteiger partial charge in [0.1, 0.15) is 0 Å². The second-order valence-corrected chi connectivity index (χ2v) is 5.81. The summed E-state index contributed by atoms with van der Waals surface area (Å²) in [7, 11) is 0. The minimum absolute atomic E-state index is 0.304. The van der Waals surface area contributed by atoms with Gasteiger partial charge >= 0.3 is 0 Å². The van der Waals surface area contributed by atoms with Crippen molar-refractivity contribution in [2.75, 3.05) is 30.1 Å². The molecule has 0 aromatic heterocycles. The third kappa shape index (κ3) is 4.91. The van der Waals surface area contributed by atoms with Crippen molar-refractivity contribution in [3.05, 3.63) is 0 Å². The zero-order chi connectivity index (χ0) is 10.2. The molecule has 2 N–H and O–H groups in total. The smallest absolute Gasteiger partial charge is 0.0446 e. The summed E-state index contributed by atoms with van der Waals surface area (Å²) in [5, 5.41) is 12.6. The zero-order valence-electron chi connectivity index (χ0n) is 8.87. The summed E-state index contributed by atoms with van der Waals surface area (Å²) in [6, 6.07) is 1.18. The van der Waals surface area contributed by atoms with Gasteiger partial charge in [-0.2, -0.15) is 23.5 Å². The van der Waals surface area contributed by atoms with Gasteiger partial charge in [0, 0.05) is 30.2 Å². The van der Waals surface area contributed by atoms with Crippen LogP contribution in [0, 0.1) is 0 Å². The lowest BCUT2D eigenvalue weighted by atomic mass is 10.1. The molecule has 0 spiro atoms. The van der Waals surface area contributed by atoms with Gasteiger partial charge in [-0.05, 0) is 31.3 Å². The van der Waals surface area contributed by atoms with Crippen LogP contribution in [0.2, 0.25) is 0 Å². The molecule has 14 heavy (non-hydrogen) atoms. The number of thioether (sulfide) groups is 2. The van der Waals surface area contributed by atoms with E-state index in [1.807, 2.05) is 23.5 Å². The summed E-state index contributed by atoms with van der Waals surface area (Å²) >= 11 is 3.91. The number of aliphatic hydroxyl groups excluding tert-OH is 1. The molecule has 1 aliphatic heterocycles. The van der Waals surface area contributed by atoms with Crippen LogP contribution in [0.3, 0.4) is 0 Å². The van der Waals surface area contributed by atoms with Gasteiger partial charge in [-0.15, -0.1) is 0 Å². The lowest BCUT2D eigenvalue weighted by Gasteiger charge is -2.27. The van der Waals surface area contributed by atoms with Gasteiger partial charge in [-0.1, -0.05) is 0 Å². The molecule has 1 heterocycles. The van der Waals surface area contributed by atoms with Crippen LogP contribution in [0.25, 0.3) is 0 Å². The van der Waals surface area contributed by atoms with E-state index in [1.54, 1.807) is 0 Å². The summed E-state index contributed by atoms with van der Waals surface area (Å²) < 4.78 is 0. The fourth-order valence-corrected chi connectivity index (χ4v) is 3.53. The fraction of sp³-hybridized carbons (Fsp3) is 1.00. The minimum Gasteiger partial charge on any atom is -0.396 e. The number of hydrogen-bond acceptors (Lipinski definition) is 4. The molecule has 84 valence electrons. The molecule has 0 saturated carbocycles. The van der Waals surface area contributed by atoms with Crippen molar-refractivity contribution in [3.8, 4) is 0 Å². The molecule has 0 aliphatic carbocycles. The Balaban J connectivity index is 2.21. The van der Waals surface area contributed by atoms with Crippen LogP contribution >= 0.6 is 23.5 Å². The highest BCUT2D eigenvalue weighted by Gasteiger charge is 2.17. The number of aliphatic hydroxyl groups is 1. The van der Waals surface area contributed by atoms with Crippen LogP contribution in [0.1, 0.15) is 19.3 Å². The lowest BCUT2D eigenvalue weighted by Crippen LogP contribution is -2.43. The average molecular weight is 235 g/mol. The van der Waals surface area contributed by atoms with Crippen molar-refractivity contribution in [1.29, 1.82) is 0 Å². The topological polar surface area (TPSA) is 32.3 Å². The molecule has 2 unspecified atom stereocenters. The highest BCUT2D eigenvalue weighted by Crippen LogP contribution is 2.18. The first-order valence-electron chi connectivity index (χ1n) is 5.30. The zero-order valence-corrected chi connectivity index (χ0v) is 10.5. The van der Waals surface area contributed by atoms with Crippen molar-refractivity contribution < 1.29 is 5.11 Å². The van der Waals surface area contributed by atoms with Crippen molar-refractivity contribution in [2.45, 2.75) is 31.3 Å². The number of nitrogens with one attached hydrogen (secondary N) is 1. The Hall–Kier alpha value is 0.620. The minimum atomic E-state index is 0.304. The molecule has 1 saturated heterocycles. The van der Waals surface area contributed by atoms with E-state index >= 15 is 0 Å². The van der Waals surface area contributed by atoms with Gasteiger partial charge in [-0.3, -0.25) is 0 Å². The summed E-state index contributed by atoms with van der Waals surface area (Å²) in [6.07, 6.45) is 5.67. The Morgan fingerprint density at radius 1 is 1.64 bits per heavy atom. The standard InChI is InChI=1S/C10H21NOS2/c1-13-7-10(4-5-12)11-9-3-2-6-14-8-9/h9-12H,2-8H2,1H3. The van der Waals surface area contributed by atoms with Crippen LogP contribution in [-0.2, 0) is 0 Å². The van der Waals surface area contributed by atoms with Gasteiger partial charge in [0.15, 0.2) is 0 Å². The van der Waals surface area contributed by atoms with Gasteiger partial charge in [0.2, 0.25) is 0 Å². The maximum absolute atomic E-state index is 8.94. The van der Waals surface area contributed by atoms with E-state index in [9.17, 15) is 0 Å². The first kappa shape index (κ1) is 12.7. The van der Waals surface area contributed by atoms with E-state index < -0.39 is 0 Å². The molecule has 1 aliphatic rings. The molecule has 0 amide bonds. The third-order valence-corrected chi connectivity index (χ3v) is 4.43. The molecule has 0 bridgehead atoms. The van der Waals surface area contributed by atoms with Crippen LogP contribution < -0.4 is 5.32 Å². The van der Waals surface area contributed by atoms with Crippen molar-refractivity contribution in [2.24, 2.45) is 0 Å². The Morgan fingerprint density at radius 2 is 2.50 bits per heavy atom. The maximum Gasteiger partial charge on any atom is 0.0446 e. The second-order valence-electron chi connectivity index (χ2n) is 3.75. The van der Waals surface area contributed by atoms with Crippen molar-refractivity contribution in [3.63, 3.8) is 0 Å². The molecule has 2 nitrogen and oxygen atoms in total. The summed E-state index contributed by atoms with van der Waals surface area (Å²) in [5.74, 6) is 3.68. The highest BCUT2D eigenvalue weighted by molar-refractivity contribution is 7.99. The van der Waals surface area contributed by atoms with E-state index in [0.29, 0.717) is 18.7 Å². The normalized spacial score (nSPS) is 24.9. The van der Waals surface area contributed by atoms with Crippen LogP contribution in [0.4, 0.5) is 0 Å². The SMILES string of the molecule is CSCC(CCO)NC1CCCSC1. The third-order valence-electron chi connectivity index (χ3n) is 2.48.